The van der Waals surface area contributed by atoms with Crippen LogP contribution in [0, 0.1) is 5.92 Å². The van der Waals surface area contributed by atoms with Crippen molar-refractivity contribution >= 4 is 5.95 Å². The van der Waals surface area contributed by atoms with Gasteiger partial charge in [0.1, 0.15) is 0 Å². The summed E-state index contributed by atoms with van der Waals surface area (Å²) in [5.41, 5.74) is 0. The second-order valence-electron chi connectivity index (χ2n) is 3.95. The summed E-state index contributed by atoms with van der Waals surface area (Å²) in [5.74, 6) is 2.07. The number of hydrogen-bond donors (Lipinski definition) is 1. The highest BCUT2D eigenvalue weighted by atomic mass is 16.5. The molecule has 0 bridgehead atoms. The zero-order valence-electron chi connectivity index (χ0n) is 8.66. The molecule has 0 aliphatic carbocycles. The van der Waals surface area contributed by atoms with Crippen LogP contribution >= 0.6 is 0 Å². The van der Waals surface area contributed by atoms with E-state index >= 15 is 0 Å². The molecule has 0 aromatic carbocycles. The van der Waals surface area contributed by atoms with Crippen molar-refractivity contribution in [1.29, 1.82) is 0 Å². The lowest BCUT2D eigenvalue weighted by Crippen LogP contribution is -2.12. The highest BCUT2D eigenvalue weighted by Crippen LogP contribution is 2.15. The summed E-state index contributed by atoms with van der Waals surface area (Å²) in [5, 5.41) is 7.20. The van der Waals surface area contributed by atoms with Gasteiger partial charge < -0.3 is 14.7 Å². The maximum Gasteiger partial charge on any atom is 0.265 e. The van der Waals surface area contributed by atoms with E-state index in [0.717, 1.165) is 25.4 Å². The first-order chi connectivity index (χ1) is 6.75. The second kappa shape index (κ2) is 3.96. The van der Waals surface area contributed by atoms with E-state index in [2.05, 4.69) is 15.5 Å². The number of aromatic nitrogens is 2. The van der Waals surface area contributed by atoms with Crippen LogP contribution in [0.3, 0.4) is 0 Å². The van der Waals surface area contributed by atoms with Crippen molar-refractivity contribution in [2.45, 2.75) is 12.8 Å². The van der Waals surface area contributed by atoms with Crippen LogP contribution in [0.2, 0.25) is 0 Å². The molecule has 0 amide bonds. The van der Waals surface area contributed by atoms with Gasteiger partial charge in [0.05, 0.1) is 0 Å². The van der Waals surface area contributed by atoms with Crippen molar-refractivity contribution < 1.29 is 4.52 Å². The van der Waals surface area contributed by atoms with Gasteiger partial charge in [-0.25, -0.2) is 0 Å². The molecule has 2 heterocycles. The summed E-state index contributed by atoms with van der Waals surface area (Å²) >= 11 is 0. The first-order valence-corrected chi connectivity index (χ1v) is 4.96. The Hall–Kier alpha value is -1.10. The van der Waals surface area contributed by atoms with Crippen LogP contribution in [0.1, 0.15) is 12.3 Å². The zero-order chi connectivity index (χ0) is 9.97. The highest BCUT2D eigenvalue weighted by Gasteiger charge is 2.18. The quantitative estimate of drug-likeness (QED) is 0.753. The first kappa shape index (κ1) is 9.45. The average Bonchev–Trinajstić information content (AvgIpc) is 2.75. The van der Waals surface area contributed by atoms with Crippen molar-refractivity contribution in [3.8, 4) is 0 Å². The number of anilines is 1. The Kier molecular flexibility index (Phi) is 2.67. The predicted octanol–water partition coefficient (Wildman–Crippen LogP) is 0.288. The van der Waals surface area contributed by atoms with Crippen molar-refractivity contribution in [2.75, 3.05) is 32.1 Å². The van der Waals surface area contributed by atoms with Gasteiger partial charge in [0.2, 0.25) is 5.89 Å². The summed E-state index contributed by atoms with van der Waals surface area (Å²) in [7, 11) is 3.82. The Balaban J connectivity index is 1.95. The fourth-order valence-electron chi connectivity index (χ4n) is 1.65. The summed E-state index contributed by atoms with van der Waals surface area (Å²) in [4.78, 5) is 6.14. The summed E-state index contributed by atoms with van der Waals surface area (Å²) < 4.78 is 5.16. The van der Waals surface area contributed by atoms with Gasteiger partial charge in [-0.2, -0.15) is 4.98 Å². The van der Waals surface area contributed by atoms with Crippen LogP contribution in [0.4, 0.5) is 5.95 Å². The molecule has 5 heteroatoms. The van der Waals surface area contributed by atoms with E-state index in [0.29, 0.717) is 11.9 Å². The zero-order valence-corrected chi connectivity index (χ0v) is 8.66. The van der Waals surface area contributed by atoms with Crippen LogP contribution in [0.5, 0.6) is 0 Å². The minimum atomic E-state index is 0.658. The van der Waals surface area contributed by atoms with E-state index in [9.17, 15) is 0 Å². The topological polar surface area (TPSA) is 54.2 Å². The number of rotatable bonds is 3. The minimum absolute atomic E-state index is 0.658. The van der Waals surface area contributed by atoms with Crippen LogP contribution in [0.25, 0.3) is 0 Å². The van der Waals surface area contributed by atoms with E-state index in [-0.39, 0.29) is 0 Å². The third-order valence-electron chi connectivity index (χ3n) is 2.48. The van der Waals surface area contributed by atoms with E-state index in [1.54, 1.807) is 0 Å². The van der Waals surface area contributed by atoms with E-state index in [4.69, 9.17) is 4.52 Å². The Morgan fingerprint density at radius 2 is 2.43 bits per heavy atom. The molecule has 0 saturated carbocycles. The summed E-state index contributed by atoms with van der Waals surface area (Å²) in [6, 6.07) is 0. The maximum atomic E-state index is 5.16. The third-order valence-corrected chi connectivity index (χ3v) is 2.48. The molecule has 1 N–H and O–H groups in total. The number of nitrogens with zero attached hydrogens (tertiary/aromatic N) is 3. The molecule has 1 aliphatic rings. The van der Waals surface area contributed by atoms with Crippen LogP contribution < -0.4 is 10.2 Å². The highest BCUT2D eigenvalue weighted by molar-refractivity contribution is 5.23. The van der Waals surface area contributed by atoms with Gasteiger partial charge in [-0.3, -0.25) is 0 Å². The Morgan fingerprint density at radius 3 is 3.00 bits per heavy atom. The van der Waals surface area contributed by atoms with E-state index < -0.39 is 0 Å². The molecule has 1 aromatic rings. The average molecular weight is 196 g/mol. The van der Waals surface area contributed by atoms with Gasteiger partial charge in [-0.05, 0) is 30.6 Å². The van der Waals surface area contributed by atoms with Crippen LogP contribution in [-0.2, 0) is 6.42 Å². The van der Waals surface area contributed by atoms with Gasteiger partial charge in [-0.15, -0.1) is 0 Å². The summed E-state index contributed by atoms with van der Waals surface area (Å²) in [6.45, 7) is 2.18. The molecule has 2 rings (SSSR count). The van der Waals surface area contributed by atoms with Crippen molar-refractivity contribution in [3.63, 3.8) is 0 Å². The van der Waals surface area contributed by atoms with Gasteiger partial charge in [-0.1, -0.05) is 0 Å². The molecule has 1 fully saturated rings. The lowest BCUT2D eigenvalue weighted by Gasteiger charge is -2.03. The van der Waals surface area contributed by atoms with Crippen molar-refractivity contribution in [1.82, 2.24) is 15.5 Å². The smallest absolute Gasteiger partial charge is 0.265 e. The molecule has 0 unspecified atom stereocenters. The molecule has 0 radical (unpaired) electrons. The Bertz CT molecular complexity index is 291. The third kappa shape index (κ3) is 2.04. The van der Waals surface area contributed by atoms with Gasteiger partial charge in [0.25, 0.3) is 5.95 Å². The fourth-order valence-corrected chi connectivity index (χ4v) is 1.65. The Morgan fingerprint density at radius 1 is 1.57 bits per heavy atom. The lowest BCUT2D eigenvalue weighted by atomic mass is 10.1. The number of hydrogen-bond acceptors (Lipinski definition) is 5. The largest absolute Gasteiger partial charge is 0.344 e. The summed E-state index contributed by atoms with van der Waals surface area (Å²) in [6.07, 6.45) is 2.10. The predicted molar refractivity (Wildman–Crippen MR) is 53.3 cm³/mol. The van der Waals surface area contributed by atoms with Crippen molar-refractivity contribution in [2.24, 2.45) is 5.92 Å². The van der Waals surface area contributed by atoms with Gasteiger partial charge >= 0.3 is 0 Å². The minimum Gasteiger partial charge on any atom is -0.344 e. The van der Waals surface area contributed by atoms with Gasteiger partial charge in [0, 0.05) is 20.5 Å². The molecule has 14 heavy (non-hydrogen) atoms. The second-order valence-corrected chi connectivity index (χ2v) is 3.95. The van der Waals surface area contributed by atoms with E-state index in [1.165, 1.54) is 6.42 Å². The Labute approximate surface area is 83.5 Å². The van der Waals surface area contributed by atoms with Gasteiger partial charge in [0.15, 0.2) is 0 Å². The molecular formula is C9H16N4O. The van der Waals surface area contributed by atoms with Crippen molar-refractivity contribution in [3.05, 3.63) is 5.89 Å². The molecule has 1 aromatic heterocycles. The van der Waals surface area contributed by atoms with Crippen LogP contribution in [-0.4, -0.2) is 37.3 Å². The SMILES string of the molecule is CN(C)c1noc(C[C@@H]2CCNC2)n1. The lowest BCUT2D eigenvalue weighted by molar-refractivity contribution is 0.357. The van der Waals surface area contributed by atoms with E-state index in [1.807, 2.05) is 19.0 Å². The maximum absolute atomic E-state index is 5.16. The molecule has 1 aliphatic heterocycles. The van der Waals surface area contributed by atoms with Crippen LogP contribution in [0.15, 0.2) is 4.52 Å². The monoisotopic (exact) mass is 196 g/mol. The normalized spacial score (nSPS) is 21.4. The first-order valence-electron chi connectivity index (χ1n) is 4.96. The number of nitrogens with one attached hydrogen (secondary N) is 1. The molecule has 1 atom stereocenters. The molecule has 0 spiro atoms. The molecule has 78 valence electrons. The molecule has 5 nitrogen and oxygen atoms in total. The fraction of sp³-hybridized carbons (Fsp3) is 0.778. The molecule has 1 saturated heterocycles. The molecular weight excluding hydrogens is 180 g/mol. The standard InChI is InChI=1S/C9H16N4O/c1-13(2)9-11-8(14-12-9)5-7-3-4-10-6-7/h7,10H,3-6H2,1-2H3/t7-/m0/s1.